The highest BCUT2D eigenvalue weighted by Gasteiger charge is 2.32. The Labute approximate surface area is 205 Å². The van der Waals surface area contributed by atoms with Crippen molar-refractivity contribution in [2.24, 2.45) is 4.99 Å². The minimum atomic E-state index is -4.41. The zero-order chi connectivity index (χ0) is 25.4. The Morgan fingerprint density at radius 1 is 1.19 bits per heavy atom. The molecule has 11 heteroatoms. The van der Waals surface area contributed by atoms with E-state index >= 15 is 0 Å². The van der Waals surface area contributed by atoms with Crippen LogP contribution in [-0.4, -0.2) is 44.6 Å². The first-order valence-electron chi connectivity index (χ1n) is 11.8. The molecule has 2 aromatic heterocycles. The third-order valence-corrected chi connectivity index (χ3v) is 6.65. The van der Waals surface area contributed by atoms with Gasteiger partial charge in [0.2, 0.25) is 0 Å². The summed E-state index contributed by atoms with van der Waals surface area (Å²) < 4.78 is 44.5. The van der Waals surface area contributed by atoms with Gasteiger partial charge in [0.05, 0.1) is 22.7 Å². The van der Waals surface area contributed by atoms with E-state index < -0.39 is 11.7 Å². The van der Waals surface area contributed by atoms with Crippen LogP contribution in [0.15, 0.2) is 40.1 Å². The predicted octanol–water partition coefficient (Wildman–Crippen LogP) is 4.71. The SMILES string of the molecule is C[C@@H](CC(=O)c1ncnc(N)c1CN1CCCC1)c1cc(C2=Nc3ccc(C(F)(F)F)cc3C2)on1. The molecular weight excluding hydrogens is 473 g/mol. The molecule has 1 aromatic carbocycles. The van der Waals surface area contributed by atoms with Crippen molar-refractivity contribution in [2.45, 2.75) is 51.2 Å². The molecule has 4 heterocycles. The summed E-state index contributed by atoms with van der Waals surface area (Å²) in [6, 6.07) is 5.17. The van der Waals surface area contributed by atoms with Crippen molar-refractivity contribution in [1.29, 1.82) is 0 Å². The summed E-state index contributed by atoms with van der Waals surface area (Å²) in [5, 5.41) is 4.10. The molecule has 2 aliphatic heterocycles. The third-order valence-electron chi connectivity index (χ3n) is 6.65. The fourth-order valence-corrected chi connectivity index (χ4v) is 4.64. The van der Waals surface area contributed by atoms with E-state index in [4.69, 9.17) is 10.3 Å². The number of nitrogen functional groups attached to an aromatic ring is 1. The molecule has 1 saturated heterocycles. The number of nitrogens with zero attached hydrogens (tertiary/aromatic N) is 5. The molecule has 188 valence electrons. The normalized spacial score (nSPS) is 16.7. The van der Waals surface area contributed by atoms with Crippen LogP contribution in [0.3, 0.4) is 0 Å². The van der Waals surface area contributed by atoms with E-state index in [1.807, 2.05) is 6.92 Å². The number of halogens is 3. The number of ketones is 1. The van der Waals surface area contributed by atoms with Crippen LogP contribution in [0.5, 0.6) is 0 Å². The zero-order valence-electron chi connectivity index (χ0n) is 19.7. The lowest BCUT2D eigenvalue weighted by Crippen LogP contribution is -2.23. The summed E-state index contributed by atoms with van der Waals surface area (Å²) in [6.07, 6.45) is -0.542. The minimum absolute atomic E-state index is 0.136. The summed E-state index contributed by atoms with van der Waals surface area (Å²) in [5.74, 6) is 0.229. The Bertz CT molecular complexity index is 1330. The van der Waals surface area contributed by atoms with Crippen molar-refractivity contribution in [2.75, 3.05) is 18.8 Å². The van der Waals surface area contributed by atoms with Gasteiger partial charge in [-0.1, -0.05) is 12.1 Å². The molecule has 0 radical (unpaired) electrons. The molecule has 0 aliphatic carbocycles. The number of anilines is 1. The van der Waals surface area contributed by atoms with Gasteiger partial charge < -0.3 is 10.3 Å². The van der Waals surface area contributed by atoms with Crippen LogP contribution < -0.4 is 5.73 Å². The van der Waals surface area contributed by atoms with Gasteiger partial charge in [0.1, 0.15) is 17.8 Å². The first kappa shape index (κ1) is 24.1. The molecule has 36 heavy (non-hydrogen) atoms. The summed E-state index contributed by atoms with van der Waals surface area (Å²) in [4.78, 5) is 28.1. The van der Waals surface area contributed by atoms with Crippen LogP contribution in [0.4, 0.5) is 24.7 Å². The van der Waals surface area contributed by atoms with Crippen molar-refractivity contribution >= 4 is 23.0 Å². The van der Waals surface area contributed by atoms with Crippen LogP contribution in [0, 0.1) is 0 Å². The maximum atomic E-state index is 13.2. The van der Waals surface area contributed by atoms with Crippen LogP contribution >= 0.6 is 0 Å². The van der Waals surface area contributed by atoms with Gasteiger partial charge in [-0.05, 0) is 49.7 Å². The van der Waals surface area contributed by atoms with E-state index in [1.165, 1.54) is 12.4 Å². The molecule has 2 aliphatic rings. The van der Waals surface area contributed by atoms with Gasteiger partial charge in [-0.15, -0.1) is 0 Å². The Kier molecular flexibility index (Phi) is 6.33. The smallest absolute Gasteiger partial charge is 0.383 e. The average molecular weight is 499 g/mol. The Hall–Kier alpha value is -3.60. The number of fused-ring (bicyclic) bond motifs is 1. The molecule has 5 rings (SSSR count). The Balaban J connectivity index is 1.28. The second-order valence-corrected chi connectivity index (χ2v) is 9.29. The fourth-order valence-electron chi connectivity index (χ4n) is 4.64. The highest BCUT2D eigenvalue weighted by molar-refractivity contribution is 6.04. The summed E-state index contributed by atoms with van der Waals surface area (Å²) in [5.41, 5.74) is 8.35. The van der Waals surface area contributed by atoms with Crippen molar-refractivity contribution in [3.63, 3.8) is 0 Å². The van der Waals surface area contributed by atoms with E-state index in [0.717, 1.165) is 38.1 Å². The van der Waals surface area contributed by atoms with Gasteiger partial charge in [-0.3, -0.25) is 9.69 Å². The Morgan fingerprint density at radius 2 is 1.97 bits per heavy atom. The number of Topliss-reactive ketones (excluding diaryl/α,β-unsaturated/α-hetero) is 1. The lowest BCUT2D eigenvalue weighted by molar-refractivity contribution is -0.137. The van der Waals surface area contributed by atoms with Crippen LogP contribution in [-0.2, 0) is 19.1 Å². The molecular formula is C25H25F3N6O2. The lowest BCUT2D eigenvalue weighted by atomic mass is 9.97. The quantitative estimate of drug-likeness (QED) is 0.470. The largest absolute Gasteiger partial charge is 0.416 e. The van der Waals surface area contributed by atoms with Crippen LogP contribution in [0.25, 0.3) is 0 Å². The van der Waals surface area contributed by atoms with E-state index in [0.29, 0.717) is 52.0 Å². The second kappa shape index (κ2) is 9.45. The van der Waals surface area contributed by atoms with Crippen LogP contribution in [0.1, 0.15) is 70.7 Å². The molecule has 2 N–H and O–H groups in total. The second-order valence-electron chi connectivity index (χ2n) is 9.29. The van der Waals surface area contributed by atoms with Gasteiger partial charge in [0.15, 0.2) is 11.5 Å². The number of carbonyl (C=O) groups excluding carboxylic acids is 1. The van der Waals surface area contributed by atoms with Gasteiger partial charge in [0.25, 0.3) is 0 Å². The number of aliphatic imine (C=N–C) groups is 1. The average Bonchev–Trinajstić information content (AvgIpc) is 3.59. The molecule has 8 nitrogen and oxygen atoms in total. The number of nitrogens with two attached hydrogens (primary N) is 1. The van der Waals surface area contributed by atoms with Gasteiger partial charge in [-0.2, -0.15) is 13.2 Å². The first-order chi connectivity index (χ1) is 17.2. The van der Waals surface area contributed by atoms with E-state index in [-0.39, 0.29) is 24.5 Å². The molecule has 0 amide bonds. The standard InChI is InChI=1S/C25H25F3N6O2/c1-14(8-21(35)23-17(24(29)31-13-30-23)12-34-6-2-3-7-34)19-11-22(36-33-19)20-10-15-9-16(25(26,27)28)4-5-18(15)32-20/h4-5,9,11,13-14H,2-3,6-8,10,12H2,1H3,(H2,29,30,31)/t14-/m0/s1. The van der Waals surface area contributed by atoms with E-state index in [9.17, 15) is 18.0 Å². The van der Waals surface area contributed by atoms with Gasteiger partial charge in [-0.25, -0.2) is 15.0 Å². The molecule has 0 spiro atoms. The molecule has 0 saturated carbocycles. The zero-order valence-corrected chi connectivity index (χ0v) is 19.7. The van der Waals surface area contributed by atoms with Gasteiger partial charge >= 0.3 is 6.18 Å². The van der Waals surface area contributed by atoms with E-state index in [1.54, 1.807) is 6.07 Å². The lowest BCUT2D eigenvalue weighted by Gasteiger charge is -2.18. The molecule has 3 aromatic rings. The van der Waals surface area contributed by atoms with Crippen molar-refractivity contribution in [1.82, 2.24) is 20.0 Å². The highest BCUT2D eigenvalue weighted by atomic mass is 19.4. The first-order valence-corrected chi connectivity index (χ1v) is 11.8. The predicted molar refractivity (Wildman–Crippen MR) is 126 cm³/mol. The molecule has 1 fully saturated rings. The van der Waals surface area contributed by atoms with Crippen molar-refractivity contribution in [3.8, 4) is 0 Å². The molecule has 0 bridgehead atoms. The van der Waals surface area contributed by atoms with Gasteiger partial charge in [0, 0.05) is 36.9 Å². The number of benzene rings is 1. The number of carbonyl (C=O) groups is 1. The summed E-state index contributed by atoms with van der Waals surface area (Å²) >= 11 is 0. The van der Waals surface area contributed by atoms with Crippen LogP contribution in [0.2, 0.25) is 0 Å². The highest BCUT2D eigenvalue weighted by Crippen LogP contribution is 2.36. The minimum Gasteiger partial charge on any atom is -0.383 e. The van der Waals surface area contributed by atoms with Crippen molar-refractivity contribution in [3.05, 3.63) is 64.4 Å². The maximum absolute atomic E-state index is 13.2. The molecule has 1 atom stereocenters. The third kappa shape index (κ3) is 4.88. The number of rotatable bonds is 7. The maximum Gasteiger partial charge on any atom is 0.416 e. The number of alkyl halides is 3. The Morgan fingerprint density at radius 3 is 2.72 bits per heavy atom. The number of hydrogen-bond donors (Lipinski definition) is 1. The number of likely N-dealkylation sites (tertiary alicyclic amines) is 1. The topological polar surface area (TPSA) is 110 Å². The fraction of sp³-hybridized carbons (Fsp3) is 0.400. The summed E-state index contributed by atoms with van der Waals surface area (Å²) in [6.45, 7) is 4.29. The van der Waals surface area contributed by atoms with Crippen molar-refractivity contribution < 1.29 is 22.5 Å². The molecule has 0 unspecified atom stereocenters. The monoisotopic (exact) mass is 498 g/mol. The number of aromatic nitrogens is 3. The van der Waals surface area contributed by atoms with E-state index in [2.05, 4.69) is 25.0 Å². The number of hydrogen-bond acceptors (Lipinski definition) is 8. The summed E-state index contributed by atoms with van der Waals surface area (Å²) in [7, 11) is 0.